The molecule has 2 rings (SSSR count). The van der Waals surface area contributed by atoms with Crippen molar-refractivity contribution in [2.45, 2.75) is 19.9 Å². The number of methoxy groups -OCH3 is 1. The van der Waals surface area contributed by atoms with E-state index in [1.54, 1.807) is 7.11 Å². The Balaban J connectivity index is 2.50. The Bertz CT molecular complexity index is 508. The Labute approximate surface area is 99.6 Å². The fraction of sp³-hybridized carbons (Fsp3) is 0.333. The molecule has 0 bridgehead atoms. The monoisotopic (exact) mass is 233 g/mol. The highest BCUT2D eigenvalue weighted by Crippen LogP contribution is 2.31. The van der Waals surface area contributed by atoms with Gasteiger partial charge in [0.05, 0.1) is 19.2 Å². The van der Waals surface area contributed by atoms with Gasteiger partial charge >= 0.3 is 0 Å². The van der Waals surface area contributed by atoms with Gasteiger partial charge < -0.3 is 15.0 Å². The van der Waals surface area contributed by atoms with E-state index < -0.39 is 0 Å². The van der Waals surface area contributed by atoms with Gasteiger partial charge in [0, 0.05) is 0 Å². The Kier molecular flexibility index (Phi) is 3.39. The van der Waals surface area contributed by atoms with Crippen LogP contribution in [0.3, 0.4) is 0 Å². The van der Waals surface area contributed by atoms with Crippen LogP contribution in [0.15, 0.2) is 22.7 Å². The van der Waals surface area contributed by atoms with Crippen LogP contribution >= 0.6 is 0 Å². The number of nitrogens with zero attached hydrogens (tertiary/aromatic N) is 2. The van der Waals surface area contributed by atoms with Crippen LogP contribution in [0.1, 0.15) is 18.4 Å². The Hall–Kier alpha value is -1.88. The lowest BCUT2D eigenvalue weighted by Gasteiger charge is -2.09. The quantitative estimate of drug-likeness (QED) is 0.871. The van der Waals surface area contributed by atoms with Gasteiger partial charge in [0.2, 0.25) is 11.7 Å². The largest absolute Gasteiger partial charge is 0.496 e. The summed E-state index contributed by atoms with van der Waals surface area (Å²) in [5.74, 6) is 1.72. The number of para-hydroxylation sites is 1. The molecule has 1 heterocycles. The topological polar surface area (TPSA) is 74.2 Å². The first-order valence-corrected chi connectivity index (χ1v) is 5.49. The molecular formula is C12H15N3O2. The van der Waals surface area contributed by atoms with E-state index in [1.807, 2.05) is 18.2 Å². The second kappa shape index (κ2) is 4.97. The number of ether oxygens (including phenoxy) is 1. The highest BCUT2D eigenvalue weighted by atomic mass is 16.5. The van der Waals surface area contributed by atoms with E-state index in [0.717, 1.165) is 23.3 Å². The minimum absolute atomic E-state index is 0.239. The van der Waals surface area contributed by atoms with Gasteiger partial charge in [-0.15, -0.1) is 0 Å². The summed E-state index contributed by atoms with van der Waals surface area (Å²) >= 11 is 0. The van der Waals surface area contributed by atoms with Crippen molar-refractivity contribution in [2.24, 2.45) is 5.73 Å². The Morgan fingerprint density at radius 3 is 2.82 bits per heavy atom. The molecule has 0 radical (unpaired) electrons. The summed E-state index contributed by atoms with van der Waals surface area (Å²) in [5, 5.41) is 3.90. The number of aryl methyl sites for hydroxylation is 1. The third-order valence-corrected chi connectivity index (χ3v) is 2.57. The molecule has 5 heteroatoms. The zero-order valence-corrected chi connectivity index (χ0v) is 9.93. The predicted molar refractivity (Wildman–Crippen MR) is 63.6 cm³/mol. The molecule has 0 unspecified atom stereocenters. The molecular weight excluding hydrogens is 218 g/mol. The molecule has 0 fully saturated rings. The maximum absolute atomic E-state index is 5.44. The van der Waals surface area contributed by atoms with E-state index in [1.165, 1.54) is 0 Å². The molecule has 0 atom stereocenters. The van der Waals surface area contributed by atoms with Gasteiger partial charge in [-0.3, -0.25) is 0 Å². The standard InChI is InChI=1S/C12H15N3O2/c1-3-8-5-4-6-9(11(8)16-2)12-14-10(7-13)17-15-12/h4-6H,3,7,13H2,1-2H3. The van der Waals surface area contributed by atoms with Crippen LogP contribution in [0.4, 0.5) is 0 Å². The fourth-order valence-electron chi connectivity index (χ4n) is 1.73. The van der Waals surface area contributed by atoms with Crippen molar-refractivity contribution in [1.29, 1.82) is 0 Å². The first-order valence-electron chi connectivity index (χ1n) is 5.49. The van der Waals surface area contributed by atoms with Gasteiger partial charge in [-0.05, 0) is 18.1 Å². The molecule has 0 aliphatic carbocycles. The Morgan fingerprint density at radius 1 is 1.41 bits per heavy atom. The van der Waals surface area contributed by atoms with Gasteiger partial charge in [0.15, 0.2) is 0 Å². The van der Waals surface area contributed by atoms with Crippen LogP contribution in [-0.2, 0) is 13.0 Å². The summed E-state index contributed by atoms with van der Waals surface area (Å²) in [4.78, 5) is 4.20. The average molecular weight is 233 g/mol. The number of hydrogen-bond donors (Lipinski definition) is 1. The maximum atomic E-state index is 5.44. The molecule has 17 heavy (non-hydrogen) atoms. The van der Waals surface area contributed by atoms with E-state index >= 15 is 0 Å². The number of hydrogen-bond acceptors (Lipinski definition) is 5. The lowest BCUT2D eigenvalue weighted by Crippen LogP contribution is -1.97. The van der Waals surface area contributed by atoms with Crippen molar-refractivity contribution >= 4 is 0 Å². The van der Waals surface area contributed by atoms with Crippen LogP contribution < -0.4 is 10.5 Å². The second-order valence-electron chi connectivity index (χ2n) is 3.57. The summed E-state index contributed by atoms with van der Waals surface area (Å²) in [6, 6.07) is 5.88. The number of rotatable bonds is 4. The zero-order valence-electron chi connectivity index (χ0n) is 9.93. The van der Waals surface area contributed by atoms with Crippen molar-refractivity contribution in [3.05, 3.63) is 29.7 Å². The molecule has 1 aromatic carbocycles. The number of nitrogens with two attached hydrogens (primary N) is 1. The second-order valence-corrected chi connectivity index (χ2v) is 3.57. The van der Waals surface area contributed by atoms with Crippen LogP contribution in [0, 0.1) is 0 Å². The van der Waals surface area contributed by atoms with E-state index in [4.69, 9.17) is 15.0 Å². The van der Waals surface area contributed by atoms with Crippen molar-refractivity contribution < 1.29 is 9.26 Å². The maximum Gasteiger partial charge on any atom is 0.240 e. The zero-order chi connectivity index (χ0) is 12.3. The number of aromatic nitrogens is 2. The van der Waals surface area contributed by atoms with E-state index in [2.05, 4.69) is 17.1 Å². The third kappa shape index (κ3) is 2.14. The van der Waals surface area contributed by atoms with E-state index in [9.17, 15) is 0 Å². The van der Waals surface area contributed by atoms with Crippen molar-refractivity contribution in [2.75, 3.05) is 7.11 Å². The van der Waals surface area contributed by atoms with Crippen molar-refractivity contribution in [1.82, 2.24) is 10.1 Å². The molecule has 0 amide bonds. The fourth-order valence-corrected chi connectivity index (χ4v) is 1.73. The van der Waals surface area contributed by atoms with Crippen molar-refractivity contribution in [3.8, 4) is 17.1 Å². The molecule has 0 spiro atoms. The molecule has 2 N–H and O–H groups in total. The normalized spacial score (nSPS) is 10.5. The summed E-state index contributed by atoms with van der Waals surface area (Å²) in [6.45, 7) is 2.31. The molecule has 2 aromatic rings. The molecule has 0 aliphatic rings. The van der Waals surface area contributed by atoms with Crippen LogP contribution in [0.25, 0.3) is 11.4 Å². The Morgan fingerprint density at radius 2 is 2.24 bits per heavy atom. The van der Waals surface area contributed by atoms with Crippen LogP contribution in [-0.4, -0.2) is 17.3 Å². The highest BCUT2D eigenvalue weighted by Gasteiger charge is 2.14. The van der Waals surface area contributed by atoms with Gasteiger partial charge in [0.1, 0.15) is 5.75 Å². The molecule has 90 valence electrons. The first-order chi connectivity index (χ1) is 8.30. The third-order valence-electron chi connectivity index (χ3n) is 2.57. The van der Waals surface area contributed by atoms with E-state index in [-0.39, 0.29) is 6.54 Å². The van der Waals surface area contributed by atoms with Crippen LogP contribution in [0.5, 0.6) is 5.75 Å². The molecule has 0 saturated heterocycles. The minimum atomic E-state index is 0.239. The molecule has 0 aliphatic heterocycles. The van der Waals surface area contributed by atoms with Gasteiger partial charge in [-0.25, -0.2) is 0 Å². The minimum Gasteiger partial charge on any atom is -0.496 e. The summed E-state index contributed by atoms with van der Waals surface area (Å²) in [5.41, 5.74) is 7.38. The SMILES string of the molecule is CCc1cccc(-c2noc(CN)n2)c1OC. The van der Waals surface area contributed by atoms with Gasteiger partial charge in [0.25, 0.3) is 0 Å². The summed E-state index contributed by atoms with van der Waals surface area (Å²) in [7, 11) is 1.64. The first kappa shape index (κ1) is 11.6. The lowest BCUT2D eigenvalue weighted by molar-refractivity contribution is 0.379. The van der Waals surface area contributed by atoms with Crippen LogP contribution in [0.2, 0.25) is 0 Å². The summed E-state index contributed by atoms with van der Waals surface area (Å²) in [6.07, 6.45) is 0.888. The highest BCUT2D eigenvalue weighted by molar-refractivity contribution is 5.66. The van der Waals surface area contributed by atoms with Gasteiger partial charge in [-0.1, -0.05) is 24.2 Å². The predicted octanol–water partition coefficient (Wildman–Crippen LogP) is 1.77. The molecule has 0 saturated carbocycles. The molecule has 1 aromatic heterocycles. The van der Waals surface area contributed by atoms with Gasteiger partial charge in [-0.2, -0.15) is 4.98 Å². The van der Waals surface area contributed by atoms with Crippen molar-refractivity contribution in [3.63, 3.8) is 0 Å². The van der Waals surface area contributed by atoms with E-state index in [0.29, 0.717) is 11.7 Å². The molecule has 5 nitrogen and oxygen atoms in total. The average Bonchev–Trinajstić information content (AvgIpc) is 2.86. The summed E-state index contributed by atoms with van der Waals surface area (Å²) < 4.78 is 10.4. The smallest absolute Gasteiger partial charge is 0.240 e. The lowest BCUT2D eigenvalue weighted by atomic mass is 10.1. The number of benzene rings is 1.